The molecule has 2 rings (SSSR count). The van der Waals surface area contributed by atoms with Crippen molar-refractivity contribution in [2.45, 2.75) is 13.8 Å². The SMILES string of the molecule is Cc1csc(N2CC(C)C(C(=O)O)C2)n1. The highest BCUT2D eigenvalue weighted by Crippen LogP contribution is 2.30. The van der Waals surface area contributed by atoms with E-state index < -0.39 is 5.97 Å². The third-order valence-electron chi connectivity index (χ3n) is 2.81. The van der Waals surface area contributed by atoms with Crippen molar-refractivity contribution in [3.05, 3.63) is 11.1 Å². The molecule has 0 aliphatic carbocycles. The molecule has 1 fully saturated rings. The van der Waals surface area contributed by atoms with E-state index in [1.807, 2.05) is 19.2 Å². The number of aliphatic carboxylic acids is 1. The molecule has 2 unspecified atom stereocenters. The van der Waals surface area contributed by atoms with Gasteiger partial charge in [-0.2, -0.15) is 0 Å². The average molecular weight is 226 g/mol. The second-order valence-corrected chi connectivity index (χ2v) is 4.94. The van der Waals surface area contributed by atoms with E-state index in [1.54, 1.807) is 11.3 Å². The van der Waals surface area contributed by atoms with Gasteiger partial charge in [0.2, 0.25) is 0 Å². The molecule has 0 spiro atoms. The second-order valence-electron chi connectivity index (χ2n) is 4.10. The van der Waals surface area contributed by atoms with Crippen LogP contribution in [0.15, 0.2) is 5.38 Å². The van der Waals surface area contributed by atoms with Crippen LogP contribution in [0.2, 0.25) is 0 Å². The Kier molecular flexibility index (Phi) is 2.65. The zero-order chi connectivity index (χ0) is 11.0. The van der Waals surface area contributed by atoms with Crippen LogP contribution in [0.5, 0.6) is 0 Å². The Balaban J connectivity index is 2.12. The summed E-state index contributed by atoms with van der Waals surface area (Å²) in [5, 5.41) is 12.0. The number of anilines is 1. The summed E-state index contributed by atoms with van der Waals surface area (Å²) in [6, 6.07) is 0. The lowest BCUT2D eigenvalue weighted by Crippen LogP contribution is -2.22. The van der Waals surface area contributed by atoms with E-state index in [2.05, 4.69) is 9.88 Å². The Morgan fingerprint density at radius 1 is 1.67 bits per heavy atom. The Morgan fingerprint density at radius 3 is 2.87 bits per heavy atom. The van der Waals surface area contributed by atoms with E-state index in [9.17, 15) is 4.79 Å². The number of carboxylic acids is 1. The minimum absolute atomic E-state index is 0.201. The molecule has 4 nitrogen and oxygen atoms in total. The van der Waals surface area contributed by atoms with Crippen LogP contribution in [0.1, 0.15) is 12.6 Å². The molecular formula is C10H14N2O2S. The number of hydrogen-bond donors (Lipinski definition) is 1. The molecule has 0 amide bonds. The lowest BCUT2D eigenvalue weighted by atomic mass is 9.99. The minimum atomic E-state index is -0.696. The number of carboxylic acid groups (broad SMARTS) is 1. The summed E-state index contributed by atoms with van der Waals surface area (Å²) >= 11 is 1.58. The van der Waals surface area contributed by atoms with Gasteiger partial charge in [0.05, 0.1) is 11.6 Å². The van der Waals surface area contributed by atoms with Gasteiger partial charge in [0.25, 0.3) is 0 Å². The predicted octanol–water partition coefficient (Wildman–Crippen LogP) is 1.61. The highest BCUT2D eigenvalue weighted by molar-refractivity contribution is 7.13. The standard InChI is InChI=1S/C10H14N2O2S/c1-6-3-12(4-8(6)9(13)14)10-11-7(2)5-15-10/h5-6,8H,3-4H2,1-2H3,(H,13,14). The van der Waals surface area contributed by atoms with Crippen LogP contribution in [-0.4, -0.2) is 29.1 Å². The van der Waals surface area contributed by atoms with Crippen LogP contribution in [-0.2, 0) is 4.79 Å². The lowest BCUT2D eigenvalue weighted by Gasteiger charge is -2.13. The molecule has 2 heterocycles. The first kappa shape index (κ1) is 10.4. The monoisotopic (exact) mass is 226 g/mol. The highest BCUT2D eigenvalue weighted by atomic mass is 32.1. The van der Waals surface area contributed by atoms with Crippen molar-refractivity contribution in [1.29, 1.82) is 0 Å². The molecule has 0 aromatic carbocycles. The van der Waals surface area contributed by atoms with Gasteiger partial charge in [-0.25, -0.2) is 4.98 Å². The van der Waals surface area contributed by atoms with Crippen molar-refractivity contribution in [2.24, 2.45) is 11.8 Å². The maximum atomic E-state index is 11.0. The molecule has 1 aromatic rings. The van der Waals surface area contributed by atoms with Gasteiger partial charge in [-0.3, -0.25) is 4.79 Å². The van der Waals surface area contributed by atoms with E-state index >= 15 is 0 Å². The lowest BCUT2D eigenvalue weighted by molar-refractivity contribution is -0.142. The maximum Gasteiger partial charge on any atom is 0.308 e. The largest absolute Gasteiger partial charge is 0.481 e. The van der Waals surface area contributed by atoms with Crippen LogP contribution >= 0.6 is 11.3 Å². The first-order chi connectivity index (χ1) is 7.08. The number of carbonyl (C=O) groups is 1. The van der Waals surface area contributed by atoms with Gasteiger partial charge < -0.3 is 10.0 Å². The van der Waals surface area contributed by atoms with Crippen molar-refractivity contribution in [1.82, 2.24) is 4.98 Å². The van der Waals surface area contributed by atoms with Crippen LogP contribution in [0.4, 0.5) is 5.13 Å². The van der Waals surface area contributed by atoms with Crippen LogP contribution in [0.25, 0.3) is 0 Å². The summed E-state index contributed by atoms with van der Waals surface area (Å²) in [4.78, 5) is 17.4. The Hall–Kier alpha value is -1.10. The molecule has 0 saturated carbocycles. The van der Waals surface area contributed by atoms with E-state index in [0.717, 1.165) is 17.4 Å². The van der Waals surface area contributed by atoms with Crippen molar-refractivity contribution < 1.29 is 9.90 Å². The van der Waals surface area contributed by atoms with Gasteiger partial charge in [-0.1, -0.05) is 6.92 Å². The van der Waals surface area contributed by atoms with E-state index in [1.165, 1.54) is 0 Å². The molecule has 1 N–H and O–H groups in total. The van der Waals surface area contributed by atoms with Crippen molar-refractivity contribution in [3.8, 4) is 0 Å². The highest BCUT2D eigenvalue weighted by Gasteiger charge is 2.35. The molecule has 1 aliphatic rings. The topological polar surface area (TPSA) is 53.4 Å². The molecule has 0 radical (unpaired) electrons. The normalized spacial score (nSPS) is 25.9. The summed E-state index contributed by atoms with van der Waals surface area (Å²) in [5.41, 5.74) is 1.00. The van der Waals surface area contributed by atoms with Crippen LogP contribution < -0.4 is 4.90 Å². The van der Waals surface area contributed by atoms with Crippen molar-refractivity contribution >= 4 is 22.4 Å². The fraction of sp³-hybridized carbons (Fsp3) is 0.600. The van der Waals surface area contributed by atoms with Gasteiger partial charge in [-0.05, 0) is 12.8 Å². The molecule has 15 heavy (non-hydrogen) atoms. The molecule has 1 saturated heterocycles. The summed E-state index contributed by atoms with van der Waals surface area (Å²) in [6.07, 6.45) is 0. The van der Waals surface area contributed by atoms with Gasteiger partial charge in [0.1, 0.15) is 0 Å². The smallest absolute Gasteiger partial charge is 0.308 e. The first-order valence-corrected chi connectivity index (χ1v) is 5.86. The fourth-order valence-electron chi connectivity index (χ4n) is 1.93. The summed E-state index contributed by atoms with van der Waals surface area (Å²) in [5.74, 6) is -0.751. The summed E-state index contributed by atoms with van der Waals surface area (Å²) in [7, 11) is 0. The van der Waals surface area contributed by atoms with Gasteiger partial charge in [0, 0.05) is 18.5 Å². The Bertz CT molecular complexity index is 377. The summed E-state index contributed by atoms with van der Waals surface area (Å²) in [6.45, 7) is 5.32. The molecule has 2 atom stereocenters. The molecule has 82 valence electrons. The number of rotatable bonds is 2. The number of thiazole rings is 1. The number of aryl methyl sites for hydroxylation is 1. The molecule has 5 heteroatoms. The van der Waals surface area contributed by atoms with Gasteiger partial charge in [0.15, 0.2) is 5.13 Å². The molecule has 1 aromatic heterocycles. The van der Waals surface area contributed by atoms with E-state index in [0.29, 0.717) is 6.54 Å². The number of nitrogens with zero attached hydrogens (tertiary/aromatic N) is 2. The molecule has 0 bridgehead atoms. The fourth-order valence-corrected chi connectivity index (χ4v) is 2.75. The first-order valence-electron chi connectivity index (χ1n) is 4.98. The third kappa shape index (κ3) is 1.97. The minimum Gasteiger partial charge on any atom is -0.481 e. The zero-order valence-corrected chi connectivity index (χ0v) is 9.62. The van der Waals surface area contributed by atoms with Crippen LogP contribution in [0, 0.1) is 18.8 Å². The summed E-state index contributed by atoms with van der Waals surface area (Å²) < 4.78 is 0. The molecular weight excluding hydrogens is 212 g/mol. The van der Waals surface area contributed by atoms with E-state index in [-0.39, 0.29) is 11.8 Å². The van der Waals surface area contributed by atoms with E-state index in [4.69, 9.17) is 5.11 Å². The zero-order valence-electron chi connectivity index (χ0n) is 8.80. The second kappa shape index (κ2) is 3.81. The quantitative estimate of drug-likeness (QED) is 0.832. The number of hydrogen-bond acceptors (Lipinski definition) is 4. The average Bonchev–Trinajstić information content (AvgIpc) is 2.71. The maximum absolute atomic E-state index is 11.0. The predicted molar refractivity (Wildman–Crippen MR) is 59.4 cm³/mol. The van der Waals surface area contributed by atoms with Crippen molar-refractivity contribution in [3.63, 3.8) is 0 Å². The molecule has 1 aliphatic heterocycles. The third-order valence-corrected chi connectivity index (χ3v) is 3.83. The Labute approximate surface area is 92.6 Å². The Morgan fingerprint density at radius 2 is 2.40 bits per heavy atom. The van der Waals surface area contributed by atoms with Gasteiger partial charge >= 0.3 is 5.97 Å². The van der Waals surface area contributed by atoms with Gasteiger partial charge in [-0.15, -0.1) is 11.3 Å². The number of aromatic nitrogens is 1. The van der Waals surface area contributed by atoms with Crippen LogP contribution in [0.3, 0.4) is 0 Å². The van der Waals surface area contributed by atoms with Crippen molar-refractivity contribution in [2.75, 3.05) is 18.0 Å².